The van der Waals surface area contributed by atoms with Crippen LogP contribution < -0.4 is 5.32 Å². The lowest BCUT2D eigenvalue weighted by Gasteiger charge is -2.28. The molecule has 78 valence electrons. The summed E-state index contributed by atoms with van der Waals surface area (Å²) in [5.41, 5.74) is -0.0859. The molecule has 1 aliphatic heterocycles. The molecule has 0 saturated carbocycles. The molecule has 2 atom stereocenters. The Labute approximate surface area is 90.9 Å². The van der Waals surface area contributed by atoms with Crippen molar-refractivity contribution in [1.82, 2.24) is 5.32 Å². The Morgan fingerprint density at radius 1 is 1.53 bits per heavy atom. The lowest BCUT2D eigenvalue weighted by atomic mass is 9.87. The first-order valence-electron chi connectivity index (χ1n) is 4.39. The van der Waals surface area contributed by atoms with Crippen LogP contribution in [0.4, 0.5) is 0 Å². The number of carboxylic acids is 1. The van der Waals surface area contributed by atoms with Gasteiger partial charge in [-0.1, -0.05) is 17.7 Å². The van der Waals surface area contributed by atoms with Gasteiger partial charge in [0, 0.05) is 11.1 Å². The van der Waals surface area contributed by atoms with Crippen molar-refractivity contribution in [2.45, 2.75) is 6.04 Å². The summed E-state index contributed by atoms with van der Waals surface area (Å²) >= 11 is 5.77. The Balaban J connectivity index is 2.33. The van der Waals surface area contributed by atoms with Crippen LogP contribution in [0.1, 0.15) is 0 Å². The zero-order valence-electron chi connectivity index (χ0n) is 7.61. The Kier molecular flexibility index (Phi) is 2.36. The lowest BCUT2D eigenvalue weighted by Crippen LogP contribution is -2.44. The molecular formula is C10H8ClNO3. The van der Waals surface area contributed by atoms with E-state index in [0.29, 0.717) is 5.03 Å². The van der Waals surface area contributed by atoms with Crippen molar-refractivity contribution < 1.29 is 14.7 Å². The number of aliphatic carboxylic acids is 1. The van der Waals surface area contributed by atoms with Crippen LogP contribution in [-0.2, 0) is 9.59 Å². The van der Waals surface area contributed by atoms with Crippen molar-refractivity contribution in [1.29, 1.82) is 0 Å². The molecule has 0 aromatic heterocycles. The molecule has 2 aliphatic rings. The van der Waals surface area contributed by atoms with Crippen molar-refractivity contribution in [3.8, 4) is 0 Å². The van der Waals surface area contributed by atoms with Gasteiger partial charge in [-0.05, 0) is 12.2 Å². The number of halogens is 1. The molecule has 0 amide bonds. The molecular weight excluding hydrogens is 218 g/mol. The topological polar surface area (TPSA) is 66.4 Å². The summed E-state index contributed by atoms with van der Waals surface area (Å²) in [6.45, 7) is 0. The number of hydrogen-bond acceptors (Lipinski definition) is 3. The number of hydrogen-bond donors (Lipinski definition) is 2. The first-order chi connectivity index (χ1) is 7.08. The van der Waals surface area contributed by atoms with Gasteiger partial charge >= 0.3 is 5.97 Å². The lowest BCUT2D eigenvalue weighted by molar-refractivity contribution is -0.134. The van der Waals surface area contributed by atoms with Gasteiger partial charge in [-0.2, -0.15) is 0 Å². The molecule has 0 aromatic rings. The van der Waals surface area contributed by atoms with Gasteiger partial charge in [-0.3, -0.25) is 4.79 Å². The molecule has 0 aromatic carbocycles. The number of ketones is 1. The second-order valence-corrected chi connectivity index (χ2v) is 3.81. The Morgan fingerprint density at radius 3 is 2.93 bits per heavy atom. The van der Waals surface area contributed by atoms with Crippen LogP contribution in [0.2, 0.25) is 0 Å². The Hall–Kier alpha value is -1.55. The van der Waals surface area contributed by atoms with Crippen LogP contribution in [0.3, 0.4) is 0 Å². The van der Waals surface area contributed by atoms with E-state index in [1.54, 1.807) is 18.2 Å². The molecule has 0 saturated heterocycles. The largest absolute Gasteiger partial charge is 0.477 e. The van der Waals surface area contributed by atoms with E-state index >= 15 is 0 Å². The third kappa shape index (κ3) is 1.80. The van der Waals surface area contributed by atoms with E-state index in [4.69, 9.17) is 16.7 Å². The predicted octanol–water partition coefficient (Wildman–Crippen LogP) is 0.804. The highest BCUT2D eigenvalue weighted by Crippen LogP contribution is 2.24. The van der Waals surface area contributed by atoms with Crippen molar-refractivity contribution in [2.24, 2.45) is 5.92 Å². The molecule has 0 bridgehead atoms. The predicted molar refractivity (Wildman–Crippen MR) is 54.2 cm³/mol. The first kappa shape index (κ1) is 9.98. The third-order valence-electron chi connectivity index (χ3n) is 2.36. The van der Waals surface area contributed by atoms with E-state index in [1.165, 1.54) is 0 Å². The molecule has 2 unspecified atom stereocenters. The summed E-state index contributed by atoms with van der Waals surface area (Å²) < 4.78 is 0. The molecule has 0 radical (unpaired) electrons. The minimum absolute atomic E-state index is 0.0859. The van der Waals surface area contributed by atoms with E-state index in [1.807, 2.05) is 0 Å². The van der Waals surface area contributed by atoms with Crippen molar-refractivity contribution in [3.05, 3.63) is 35.0 Å². The Morgan fingerprint density at radius 2 is 2.27 bits per heavy atom. The molecule has 0 fully saturated rings. The molecule has 4 nitrogen and oxygen atoms in total. The highest BCUT2D eigenvalue weighted by molar-refractivity contribution is 6.31. The third-order valence-corrected chi connectivity index (χ3v) is 2.61. The van der Waals surface area contributed by atoms with E-state index in [0.717, 1.165) is 6.08 Å². The van der Waals surface area contributed by atoms with Crippen LogP contribution in [0.5, 0.6) is 0 Å². The van der Waals surface area contributed by atoms with E-state index in [2.05, 4.69) is 5.32 Å². The number of carbonyl (C=O) groups excluding carboxylic acids is 1. The molecule has 1 aliphatic carbocycles. The number of allylic oxidation sites excluding steroid dienone is 3. The number of nitrogens with one attached hydrogen (secondary N) is 1. The maximum atomic E-state index is 11.5. The maximum absolute atomic E-state index is 11.5. The van der Waals surface area contributed by atoms with Gasteiger partial charge < -0.3 is 10.4 Å². The molecule has 5 heteroatoms. The second-order valence-electron chi connectivity index (χ2n) is 3.37. The summed E-state index contributed by atoms with van der Waals surface area (Å²) in [6, 6.07) is -0.355. The molecule has 2 N–H and O–H groups in total. The number of carboxylic acid groups (broad SMARTS) is 1. The fraction of sp³-hybridized carbons (Fsp3) is 0.200. The highest BCUT2D eigenvalue weighted by atomic mass is 35.5. The quantitative estimate of drug-likeness (QED) is 0.693. The van der Waals surface area contributed by atoms with Crippen LogP contribution in [0.15, 0.2) is 35.0 Å². The average Bonchev–Trinajstić information content (AvgIpc) is 2.16. The molecule has 1 heterocycles. The SMILES string of the molecule is O=C(O)C1=CC(=O)C2C=CC(Cl)=CC2N1. The van der Waals surface area contributed by atoms with Gasteiger partial charge in [0.2, 0.25) is 0 Å². The number of rotatable bonds is 1. The van der Waals surface area contributed by atoms with Gasteiger partial charge in [-0.15, -0.1) is 0 Å². The number of carbonyl (C=O) groups is 2. The second kappa shape index (κ2) is 3.55. The smallest absolute Gasteiger partial charge is 0.352 e. The fourth-order valence-corrected chi connectivity index (χ4v) is 1.84. The zero-order chi connectivity index (χ0) is 11.0. The van der Waals surface area contributed by atoms with Crippen LogP contribution in [0, 0.1) is 5.92 Å². The monoisotopic (exact) mass is 225 g/mol. The van der Waals surface area contributed by atoms with Gasteiger partial charge in [-0.25, -0.2) is 4.79 Å². The van der Waals surface area contributed by atoms with Crippen molar-refractivity contribution in [3.63, 3.8) is 0 Å². The molecule has 2 rings (SSSR count). The summed E-state index contributed by atoms with van der Waals surface area (Å²) in [7, 11) is 0. The number of fused-ring (bicyclic) bond motifs is 1. The van der Waals surface area contributed by atoms with E-state index in [-0.39, 0.29) is 23.4 Å². The highest BCUT2D eigenvalue weighted by Gasteiger charge is 2.32. The first-order valence-corrected chi connectivity index (χ1v) is 4.76. The standard InChI is InChI=1S/C10H8ClNO3/c11-5-1-2-6-7(3-5)12-8(10(14)15)4-9(6)13/h1-4,6-7,12H,(H,14,15). The summed E-state index contributed by atoms with van der Waals surface area (Å²) in [6.07, 6.45) is 6.07. The van der Waals surface area contributed by atoms with Crippen molar-refractivity contribution in [2.75, 3.05) is 0 Å². The molecule has 15 heavy (non-hydrogen) atoms. The zero-order valence-corrected chi connectivity index (χ0v) is 8.36. The molecule has 0 spiro atoms. The minimum Gasteiger partial charge on any atom is -0.477 e. The van der Waals surface area contributed by atoms with Gasteiger partial charge in [0.1, 0.15) is 5.70 Å². The van der Waals surface area contributed by atoms with Crippen LogP contribution in [-0.4, -0.2) is 22.9 Å². The van der Waals surface area contributed by atoms with Crippen LogP contribution in [0.25, 0.3) is 0 Å². The summed E-state index contributed by atoms with van der Waals surface area (Å²) in [5, 5.41) is 12.0. The van der Waals surface area contributed by atoms with E-state index < -0.39 is 5.97 Å². The normalized spacial score (nSPS) is 28.7. The van der Waals surface area contributed by atoms with Crippen LogP contribution >= 0.6 is 11.6 Å². The maximum Gasteiger partial charge on any atom is 0.352 e. The van der Waals surface area contributed by atoms with Gasteiger partial charge in [0.15, 0.2) is 5.78 Å². The van der Waals surface area contributed by atoms with Gasteiger partial charge in [0.25, 0.3) is 0 Å². The fourth-order valence-electron chi connectivity index (χ4n) is 1.63. The van der Waals surface area contributed by atoms with Gasteiger partial charge in [0.05, 0.1) is 12.0 Å². The van der Waals surface area contributed by atoms with Crippen molar-refractivity contribution >= 4 is 23.4 Å². The summed E-state index contributed by atoms with van der Waals surface area (Å²) in [4.78, 5) is 22.2. The minimum atomic E-state index is -1.14. The average molecular weight is 226 g/mol. The van der Waals surface area contributed by atoms with E-state index in [9.17, 15) is 9.59 Å². The summed E-state index contributed by atoms with van der Waals surface area (Å²) in [5.74, 6) is -1.70. The Bertz CT molecular complexity index is 422.